The standard InChI is InChI=1S/C22H31ClO2/c1-4-22(25)19(23)8-7-18-16-6-5-14-13-15(24)9-11-20(14,2)17(16)10-12-21(18,22)3/h8,13,16-18,25H,4-7,9-12H2,1-3H3/t16-,17+,18+,20+,21+,22+/m1/s1. The fourth-order valence-electron chi connectivity index (χ4n) is 7.07. The van der Waals surface area contributed by atoms with E-state index in [1.165, 1.54) is 5.57 Å². The first-order valence-corrected chi connectivity index (χ1v) is 10.5. The summed E-state index contributed by atoms with van der Waals surface area (Å²) in [6.45, 7) is 6.75. The van der Waals surface area contributed by atoms with Crippen molar-refractivity contribution >= 4 is 17.4 Å². The van der Waals surface area contributed by atoms with Crippen molar-refractivity contribution in [1.82, 2.24) is 0 Å². The second-order valence-electron chi connectivity index (χ2n) is 9.43. The van der Waals surface area contributed by atoms with Crippen molar-refractivity contribution in [2.45, 2.75) is 77.7 Å². The van der Waals surface area contributed by atoms with Crippen LogP contribution in [0.4, 0.5) is 0 Å². The first-order chi connectivity index (χ1) is 11.8. The van der Waals surface area contributed by atoms with Crippen LogP contribution >= 0.6 is 11.6 Å². The van der Waals surface area contributed by atoms with Gasteiger partial charge in [0.2, 0.25) is 0 Å². The molecule has 0 aromatic heterocycles. The van der Waals surface area contributed by atoms with Crippen LogP contribution in [0.2, 0.25) is 0 Å². The number of fused-ring (bicyclic) bond motifs is 5. The first-order valence-electron chi connectivity index (χ1n) is 10.1. The number of halogens is 1. The van der Waals surface area contributed by atoms with Crippen molar-refractivity contribution in [3.63, 3.8) is 0 Å². The maximum atomic E-state index is 11.9. The molecule has 1 N–H and O–H groups in total. The van der Waals surface area contributed by atoms with Gasteiger partial charge in [-0.1, -0.05) is 44.0 Å². The number of hydrogen-bond acceptors (Lipinski definition) is 2. The largest absolute Gasteiger partial charge is 0.384 e. The molecule has 0 spiro atoms. The molecule has 2 nitrogen and oxygen atoms in total. The van der Waals surface area contributed by atoms with E-state index in [0.29, 0.717) is 41.4 Å². The van der Waals surface area contributed by atoms with Crippen LogP contribution in [-0.4, -0.2) is 16.5 Å². The number of carbonyl (C=O) groups is 1. The Hall–Kier alpha value is -0.600. The predicted octanol–water partition coefficient (Wildman–Crippen LogP) is 5.39. The highest BCUT2D eigenvalue weighted by atomic mass is 35.5. The fourth-order valence-corrected chi connectivity index (χ4v) is 7.51. The van der Waals surface area contributed by atoms with E-state index in [1.54, 1.807) is 0 Å². The van der Waals surface area contributed by atoms with Crippen LogP contribution in [0.25, 0.3) is 0 Å². The van der Waals surface area contributed by atoms with E-state index in [9.17, 15) is 9.90 Å². The van der Waals surface area contributed by atoms with E-state index in [4.69, 9.17) is 11.6 Å². The Morgan fingerprint density at radius 3 is 2.68 bits per heavy atom. The molecule has 2 saturated carbocycles. The highest BCUT2D eigenvalue weighted by Gasteiger charge is 2.62. The zero-order valence-corrected chi connectivity index (χ0v) is 16.5. The zero-order valence-electron chi connectivity index (χ0n) is 15.8. The van der Waals surface area contributed by atoms with Gasteiger partial charge in [0.25, 0.3) is 0 Å². The van der Waals surface area contributed by atoms with Crippen LogP contribution in [0, 0.1) is 28.6 Å². The third-order valence-electron chi connectivity index (χ3n) is 8.75. The number of ketones is 1. The number of carbonyl (C=O) groups excluding carboxylic acids is 1. The molecule has 0 saturated heterocycles. The Morgan fingerprint density at radius 1 is 1.20 bits per heavy atom. The summed E-state index contributed by atoms with van der Waals surface area (Å²) in [4.78, 5) is 11.9. The summed E-state index contributed by atoms with van der Waals surface area (Å²) in [6.07, 6.45) is 11.8. The molecule has 0 aromatic rings. The van der Waals surface area contributed by atoms with E-state index < -0.39 is 5.60 Å². The van der Waals surface area contributed by atoms with E-state index in [1.807, 2.05) is 6.08 Å². The Kier molecular flexibility index (Phi) is 4.05. The number of hydrogen-bond donors (Lipinski definition) is 1. The topological polar surface area (TPSA) is 37.3 Å². The summed E-state index contributed by atoms with van der Waals surface area (Å²) in [5.74, 6) is 2.09. The molecule has 2 fully saturated rings. The van der Waals surface area contributed by atoms with Gasteiger partial charge >= 0.3 is 0 Å². The lowest BCUT2D eigenvalue weighted by Crippen LogP contribution is -2.60. The van der Waals surface area contributed by atoms with E-state index in [-0.39, 0.29) is 10.8 Å². The van der Waals surface area contributed by atoms with Gasteiger partial charge in [-0.15, -0.1) is 0 Å². The number of allylic oxidation sites excluding steroid dienone is 3. The molecule has 3 heteroatoms. The van der Waals surface area contributed by atoms with E-state index in [2.05, 4.69) is 26.8 Å². The van der Waals surface area contributed by atoms with E-state index in [0.717, 1.165) is 38.5 Å². The Morgan fingerprint density at radius 2 is 1.96 bits per heavy atom. The van der Waals surface area contributed by atoms with Crippen molar-refractivity contribution < 1.29 is 9.90 Å². The zero-order chi connectivity index (χ0) is 18.0. The lowest BCUT2D eigenvalue weighted by molar-refractivity contribution is -0.152. The third kappa shape index (κ3) is 2.22. The summed E-state index contributed by atoms with van der Waals surface area (Å²) in [5, 5.41) is 12.1. The molecule has 0 unspecified atom stereocenters. The summed E-state index contributed by atoms with van der Waals surface area (Å²) < 4.78 is 0. The molecule has 0 aromatic carbocycles. The summed E-state index contributed by atoms with van der Waals surface area (Å²) in [5.41, 5.74) is 0.593. The average molecular weight is 363 g/mol. The average Bonchev–Trinajstić information content (AvgIpc) is 2.59. The van der Waals surface area contributed by atoms with Crippen LogP contribution in [0.5, 0.6) is 0 Å². The third-order valence-corrected chi connectivity index (χ3v) is 9.22. The van der Waals surface area contributed by atoms with Gasteiger partial charge in [-0.25, -0.2) is 0 Å². The maximum absolute atomic E-state index is 11.9. The molecule has 0 radical (unpaired) electrons. The highest BCUT2D eigenvalue weighted by molar-refractivity contribution is 6.30. The first kappa shape index (κ1) is 17.8. The Labute approximate surface area is 156 Å². The molecule has 0 amide bonds. The van der Waals surface area contributed by atoms with Crippen molar-refractivity contribution in [2.75, 3.05) is 0 Å². The molecular formula is C22H31ClO2. The minimum absolute atomic E-state index is 0.128. The van der Waals surface area contributed by atoms with Crippen LogP contribution in [0.15, 0.2) is 22.8 Å². The molecule has 4 rings (SSSR count). The molecule has 4 aliphatic rings. The maximum Gasteiger partial charge on any atom is 0.155 e. The molecule has 4 aliphatic carbocycles. The molecule has 0 aliphatic heterocycles. The van der Waals surface area contributed by atoms with Crippen molar-refractivity contribution in [2.24, 2.45) is 28.6 Å². The summed E-state index contributed by atoms with van der Waals surface area (Å²) in [6, 6.07) is 0. The van der Waals surface area contributed by atoms with E-state index >= 15 is 0 Å². The van der Waals surface area contributed by atoms with Crippen LogP contribution in [0.1, 0.15) is 72.1 Å². The summed E-state index contributed by atoms with van der Waals surface area (Å²) in [7, 11) is 0. The van der Waals surface area contributed by atoms with Gasteiger partial charge in [0, 0.05) is 16.9 Å². The minimum Gasteiger partial charge on any atom is -0.384 e. The highest BCUT2D eigenvalue weighted by Crippen LogP contribution is 2.66. The van der Waals surface area contributed by atoms with Crippen molar-refractivity contribution in [3.05, 3.63) is 22.8 Å². The van der Waals surface area contributed by atoms with Crippen molar-refractivity contribution in [1.29, 1.82) is 0 Å². The molecule has 6 atom stereocenters. The molecule has 25 heavy (non-hydrogen) atoms. The van der Waals surface area contributed by atoms with Gasteiger partial charge in [-0.2, -0.15) is 0 Å². The number of aliphatic hydroxyl groups is 1. The predicted molar refractivity (Wildman–Crippen MR) is 101 cm³/mol. The smallest absolute Gasteiger partial charge is 0.155 e. The van der Waals surface area contributed by atoms with Gasteiger partial charge < -0.3 is 5.11 Å². The molecular weight excluding hydrogens is 332 g/mol. The Bertz CT molecular complexity index is 665. The lowest BCUT2D eigenvalue weighted by atomic mass is 9.43. The minimum atomic E-state index is -0.873. The van der Waals surface area contributed by atoms with Crippen LogP contribution < -0.4 is 0 Å². The van der Waals surface area contributed by atoms with Gasteiger partial charge in [-0.05, 0) is 74.2 Å². The van der Waals surface area contributed by atoms with Gasteiger partial charge in [0.05, 0.1) is 0 Å². The normalized spacial score (nSPS) is 49.5. The van der Waals surface area contributed by atoms with Gasteiger partial charge in [-0.3, -0.25) is 4.79 Å². The lowest BCUT2D eigenvalue weighted by Gasteiger charge is -2.63. The Balaban J connectivity index is 1.73. The second kappa shape index (κ2) is 5.70. The molecule has 0 heterocycles. The monoisotopic (exact) mass is 362 g/mol. The molecule has 138 valence electrons. The quantitative estimate of drug-likeness (QED) is 0.678. The van der Waals surface area contributed by atoms with Gasteiger partial charge in [0.15, 0.2) is 5.78 Å². The van der Waals surface area contributed by atoms with Crippen LogP contribution in [-0.2, 0) is 4.79 Å². The SMILES string of the molecule is CC[C@]1(O)C(Cl)=CC[C@H]2[C@@H]3CCC4=CC(=O)CC[C@]4(C)[C@H]3CC[C@@]21C. The van der Waals surface area contributed by atoms with Crippen LogP contribution in [0.3, 0.4) is 0 Å². The second-order valence-corrected chi connectivity index (χ2v) is 9.83. The van der Waals surface area contributed by atoms with Gasteiger partial charge in [0.1, 0.15) is 5.60 Å². The molecule has 0 bridgehead atoms. The fraction of sp³-hybridized carbons (Fsp3) is 0.773. The summed E-state index contributed by atoms with van der Waals surface area (Å²) >= 11 is 6.53. The number of rotatable bonds is 1. The van der Waals surface area contributed by atoms with Crippen molar-refractivity contribution in [3.8, 4) is 0 Å².